The maximum absolute atomic E-state index is 13.0. The van der Waals surface area contributed by atoms with Crippen LogP contribution in [0, 0.1) is 29.6 Å². The van der Waals surface area contributed by atoms with Crippen LogP contribution < -0.4 is 10.1 Å². The molecule has 2 amide bonds. The SMILES string of the molecule is CC[C@@H]1CCN(C(=O)CNC(=O)OC2CC3CC3[C@H]2CCCCCc2nc3ccc(OCC(F)(F)F)cc3nc2O)[C@@H]1C(=O)C(C)C. The molecule has 47 heavy (non-hydrogen) atoms. The molecule has 2 aliphatic carbocycles. The normalized spacial score (nSPS) is 25.2. The van der Waals surface area contributed by atoms with Crippen LogP contribution >= 0.6 is 0 Å². The number of likely N-dealkylation sites (tertiary alicyclic amines) is 1. The van der Waals surface area contributed by atoms with E-state index in [1.807, 2.05) is 20.8 Å². The number of halogens is 3. The molecule has 1 saturated heterocycles. The molecule has 5 rings (SSSR count). The number of rotatable bonds is 14. The van der Waals surface area contributed by atoms with Crippen LogP contribution in [-0.4, -0.2) is 75.8 Å². The van der Waals surface area contributed by atoms with Gasteiger partial charge in [-0.1, -0.05) is 40.0 Å². The molecule has 3 aliphatic rings. The molecule has 0 bridgehead atoms. The number of alkyl carbamates (subject to hydrolysis) is 1. The first-order valence-electron chi connectivity index (χ1n) is 16.8. The molecular formula is C34H45F3N4O6. The minimum Gasteiger partial charge on any atom is -0.492 e. The smallest absolute Gasteiger partial charge is 0.422 e. The van der Waals surface area contributed by atoms with Gasteiger partial charge in [0.25, 0.3) is 0 Å². The second kappa shape index (κ2) is 14.6. The van der Waals surface area contributed by atoms with Crippen molar-refractivity contribution in [1.29, 1.82) is 0 Å². The number of carbonyl (C=O) groups excluding carboxylic acids is 3. The standard InChI is InChI=1S/C34H45F3N4O6/c1-4-20-12-13-41(30(20)31(43)19(2)3)29(42)17-38-33(45)47-28-15-21-14-24(21)23(28)8-6-5-7-9-26-32(44)40-27-16-22(10-11-25(27)39-26)46-18-34(35,36)37/h10-11,16,19-21,23-24,28,30H,4-9,12-15,17-18H2,1-3H3,(H,38,45)(H,40,44)/t20-,21?,23-,24?,28?,30+/m1/s1. The van der Waals surface area contributed by atoms with E-state index in [1.54, 1.807) is 4.90 Å². The molecule has 6 atom stereocenters. The third-order valence-electron chi connectivity index (χ3n) is 9.95. The zero-order valence-electron chi connectivity index (χ0n) is 27.2. The fourth-order valence-corrected chi connectivity index (χ4v) is 7.40. The molecule has 10 nitrogen and oxygen atoms in total. The third-order valence-corrected chi connectivity index (χ3v) is 9.95. The fraction of sp³-hybridized carbons (Fsp3) is 0.676. The zero-order valence-corrected chi connectivity index (χ0v) is 27.2. The number of hydrogen-bond acceptors (Lipinski definition) is 8. The third kappa shape index (κ3) is 8.64. The quantitative estimate of drug-likeness (QED) is 0.236. The lowest BCUT2D eigenvalue weighted by atomic mass is 9.89. The molecule has 0 radical (unpaired) electrons. The largest absolute Gasteiger partial charge is 0.492 e. The Morgan fingerprint density at radius 1 is 1.11 bits per heavy atom. The van der Waals surface area contributed by atoms with Crippen LogP contribution in [0.25, 0.3) is 11.0 Å². The molecule has 2 heterocycles. The Labute approximate surface area is 272 Å². The van der Waals surface area contributed by atoms with Crippen molar-refractivity contribution >= 4 is 28.8 Å². The van der Waals surface area contributed by atoms with Crippen molar-refractivity contribution in [3.8, 4) is 11.6 Å². The van der Waals surface area contributed by atoms with Crippen LogP contribution in [0.4, 0.5) is 18.0 Å². The van der Waals surface area contributed by atoms with Crippen molar-refractivity contribution in [1.82, 2.24) is 20.2 Å². The molecule has 2 aromatic rings. The summed E-state index contributed by atoms with van der Waals surface area (Å²) in [5, 5.41) is 13.0. The molecule has 0 spiro atoms. The number of carbonyl (C=O) groups is 3. The van der Waals surface area contributed by atoms with Crippen LogP contribution in [-0.2, 0) is 20.7 Å². The monoisotopic (exact) mass is 662 g/mol. The number of benzene rings is 1. The molecule has 1 aliphatic heterocycles. The predicted octanol–water partition coefficient (Wildman–Crippen LogP) is 5.98. The average molecular weight is 663 g/mol. The number of hydrogen-bond donors (Lipinski definition) is 2. The molecule has 13 heteroatoms. The molecule has 1 aromatic heterocycles. The lowest BCUT2D eigenvalue weighted by molar-refractivity contribution is -0.153. The van der Waals surface area contributed by atoms with Gasteiger partial charge in [0.15, 0.2) is 12.4 Å². The Hall–Kier alpha value is -3.64. The Bertz CT molecular complexity index is 1450. The van der Waals surface area contributed by atoms with Gasteiger partial charge in [-0.2, -0.15) is 13.2 Å². The van der Waals surface area contributed by atoms with Crippen molar-refractivity contribution in [2.75, 3.05) is 19.7 Å². The number of Topliss-reactive ketones (excluding diaryl/α,β-unsaturated/α-hetero) is 1. The molecule has 258 valence electrons. The molecule has 3 fully saturated rings. The maximum Gasteiger partial charge on any atom is 0.422 e. The minimum atomic E-state index is -4.46. The van der Waals surface area contributed by atoms with E-state index in [2.05, 4.69) is 15.3 Å². The van der Waals surface area contributed by atoms with Crippen LogP contribution in [0.1, 0.15) is 77.8 Å². The van der Waals surface area contributed by atoms with Crippen LogP contribution in [0.5, 0.6) is 11.6 Å². The summed E-state index contributed by atoms with van der Waals surface area (Å²) in [5.74, 6) is 0.909. The highest BCUT2D eigenvalue weighted by molar-refractivity contribution is 5.92. The van der Waals surface area contributed by atoms with Gasteiger partial charge in [0.2, 0.25) is 11.8 Å². The number of nitrogens with one attached hydrogen (secondary N) is 1. The van der Waals surface area contributed by atoms with Gasteiger partial charge >= 0.3 is 12.3 Å². The van der Waals surface area contributed by atoms with Crippen molar-refractivity contribution in [2.45, 2.75) is 96.9 Å². The number of unbranched alkanes of at least 4 members (excludes halogenated alkanes) is 2. The van der Waals surface area contributed by atoms with E-state index in [0.29, 0.717) is 36.0 Å². The van der Waals surface area contributed by atoms with Gasteiger partial charge in [-0.05, 0) is 74.3 Å². The Balaban J connectivity index is 1.05. The van der Waals surface area contributed by atoms with E-state index < -0.39 is 24.9 Å². The van der Waals surface area contributed by atoms with Gasteiger partial charge in [-0.15, -0.1) is 0 Å². The van der Waals surface area contributed by atoms with E-state index in [-0.39, 0.29) is 59.2 Å². The van der Waals surface area contributed by atoms with Gasteiger partial charge in [-0.25, -0.2) is 14.8 Å². The highest BCUT2D eigenvalue weighted by atomic mass is 19.4. The van der Waals surface area contributed by atoms with Gasteiger partial charge in [0.05, 0.1) is 17.1 Å². The minimum absolute atomic E-state index is 0.00513. The molecule has 1 aromatic carbocycles. The van der Waals surface area contributed by atoms with E-state index in [0.717, 1.165) is 51.4 Å². The lowest BCUT2D eigenvalue weighted by Gasteiger charge is -2.28. The highest BCUT2D eigenvalue weighted by Crippen LogP contribution is 2.57. The number of ether oxygens (including phenoxy) is 2. The van der Waals surface area contributed by atoms with E-state index >= 15 is 0 Å². The number of aromatic nitrogens is 2. The summed E-state index contributed by atoms with van der Waals surface area (Å²) in [4.78, 5) is 48.7. The number of aryl methyl sites for hydroxylation is 1. The summed E-state index contributed by atoms with van der Waals surface area (Å²) in [5.41, 5.74) is 1.13. The summed E-state index contributed by atoms with van der Waals surface area (Å²) in [6.07, 6.45) is 2.27. The average Bonchev–Trinajstić information content (AvgIpc) is 3.50. The number of aromatic hydroxyl groups is 1. The van der Waals surface area contributed by atoms with E-state index in [9.17, 15) is 32.7 Å². The van der Waals surface area contributed by atoms with Gasteiger partial charge < -0.3 is 24.8 Å². The number of ketones is 1. The number of fused-ring (bicyclic) bond motifs is 2. The Kier molecular flexibility index (Phi) is 10.8. The number of nitrogens with zero attached hydrogens (tertiary/aromatic N) is 3. The summed E-state index contributed by atoms with van der Waals surface area (Å²) >= 11 is 0. The second-order valence-electron chi connectivity index (χ2n) is 13.6. The predicted molar refractivity (Wildman–Crippen MR) is 167 cm³/mol. The highest BCUT2D eigenvalue weighted by Gasteiger charge is 2.54. The maximum atomic E-state index is 13.0. The van der Waals surface area contributed by atoms with Crippen LogP contribution in [0.15, 0.2) is 18.2 Å². The molecule has 2 saturated carbocycles. The second-order valence-corrected chi connectivity index (χ2v) is 13.6. The van der Waals surface area contributed by atoms with Gasteiger partial charge in [0.1, 0.15) is 24.1 Å². The summed E-state index contributed by atoms with van der Waals surface area (Å²) < 4.78 is 47.9. The lowest BCUT2D eigenvalue weighted by Crippen LogP contribution is -2.48. The molecular weight excluding hydrogens is 617 g/mol. The Morgan fingerprint density at radius 2 is 1.89 bits per heavy atom. The fourth-order valence-electron chi connectivity index (χ4n) is 7.40. The summed E-state index contributed by atoms with van der Waals surface area (Å²) in [7, 11) is 0. The topological polar surface area (TPSA) is 131 Å². The first kappa shape index (κ1) is 34.7. The van der Waals surface area contributed by atoms with Crippen molar-refractivity contribution in [2.24, 2.45) is 29.6 Å². The van der Waals surface area contributed by atoms with Crippen molar-refractivity contribution < 1.29 is 42.1 Å². The number of amides is 2. The van der Waals surface area contributed by atoms with Gasteiger partial charge in [-0.3, -0.25) is 9.59 Å². The van der Waals surface area contributed by atoms with Crippen LogP contribution in [0.2, 0.25) is 0 Å². The number of alkyl halides is 3. The van der Waals surface area contributed by atoms with Crippen molar-refractivity contribution in [3.05, 3.63) is 23.9 Å². The molecule has 2 N–H and O–H groups in total. The molecule has 3 unspecified atom stereocenters. The summed E-state index contributed by atoms with van der Waals surface area (Å²) in [6.45, 7) is 4.64. The van der Waals surface area contributed by atoms with Crippen molar-refractivity contribution in [3.63, 3.8) is 0 Å². The van der Waals surface area contributed by atoms with E-state index in [4.69, 9.17) is 9.47 Å². The van der Waals surface area contributed by atoms with E-state index in [1.165, 1.54) is 18.2 Å². The Morgan fingerprint density at radius 3 is 2.62 bits per heavy atom. The zero-order chi connectivity index (χ0) is 33.9. The summed E-state index contributed by atoms with van der Waals surface area (Å²) in [6, 6.07) is 3.81. The first-order chi connectivity index (χ1) is 22.3. The van der Waals surface area contributed by atoms with Gasteiger partial charge in [0, 0.05) is 18.5 Å². The first-order valence-corrected chi connectivity index (χ1v) is 16.8. The van der Waals surface area contributed by atoms with Crippen LogP contribution in [0.3, 0.4) is 0 Å².